The topological polar surface area (TPSA) is 63.6 Å². The number of carboxylic acids is 1. The summed E-state index contributed by atoms with van der Waals surface area (Å²) in [6.07, 6.45) is 5.65. The van der Waals surface area contributed by atoms with Gasteiger partial charge in [-0.2, -0.15) is 12.6 Å². The first-order valence-electron chi connectivity index (χ1n) is 10.2. The summed E-state index contributed by atoms with van der Waals surface area (Å²) in [5.41, 5.74) is 3.71. The molecule has 0 aliphatic carbocycles. The highest BCUT2D eigenvalue weighted by atomic mass is 32.1. The van der Waals surface area contributed by atoms with Gasteiger partial charge in [0.05, 0.1) is 5.56 Å². The molecule has 0 aliphatic heterocycles. The van der Waals surface area contributed by atoms with Gasteiger partial charge in [-0.3, -0.25) is 4.79 Å². The van der Waals surface area contributed by atoms with Crippen LogP contribution in [0.25, 0.3) is 0 Å². The lowest BCUT2D eigenvalue weighted by atomic mass is 9.93. The third kappa shape index (κ3) is 6.93. The highest BCUT2D eigenvalue weighted by molar-refractivity contribution is 7.80. The predicted octanol–water partition coefficient (Wildman–Crippen LogP) is 5.69. The van der Waals surface area contributed by atoms with Crippen molar-refractivity contribution in [3.8, 4) is 5.75 Å². The van der Waals surface area contributed by atoms with Crippen molar-refractivity contribution in [2.45, 2.75) is 57.6 Å². The number of benzene rings is 2. The van der Waals surface area contributed by atoms with Crippen LogP contribution in [0.3, 0.4) is 0 Å². The van der Waals surface area contributed by atoms with Gasteiger partial charge in [-0.1, -0.05) is 56.2 Å². The Morgan fingerprint density at radius 2 is 1.79 bits per heavy atom. The van der Waals surface area contributed by atoms with Crippen LogP contribution in [0, 0.1) is 0 Å². The molecule has 0 saturated heterocycles. The Morgan fingerprint density at radius 3 is 2.41 bits per heavy atom. The monoisotopic (exact) mass is 414 g/mol. The number of thiol groups is 1. The van der Waals surface area contributed by atoms with Crippen molar-refractivity contribution >= 4 is 24.4 Å². The minimum atomic E-state index is -1.06. The van der Waals surface area contributed by atoms with E-state index in [1.807, 2.05) is 12.1 Å². The fraction of sp³-hybridized carbons (Fsp3) is 0.417. The Labute approximate surface area is 178 Å². The van der Waals surface area contributed by atoms with Gasteiger partial charge in [0.15, 0.2) is 12.4 Å². The third-order valence-electron chi connectivity index (χ3n) is 4.91. The maximum absolute atomic E-state index is 12.0. The molecule has 29 heavy (non-hydrogen) atoms. The van der Waals surface area contributed by atoms with E-state index in [9.17, 15) is 9.59 Å². The molecule has 4 nitrogen and oxygen atoms in total. The first-order chi connectivity index (χ1) is 13.9. The fourth-order valence-electron chi connectivity index (χ4n) is 3.51. The van der Waals surface area contributed by atoms with E-state index in [0.29, 0.717) is 17.7 Å². The van der Waals surface area contributed by atoms with Crippen LogP contribution in [0.5, 0.6) is 5.75 Å². The zero-order chi connectivity index (χ0) is 21.2. The molecule has 0 bridgehead atoms. The van der Waals surface area contributed by atoms with E-state index in [-0.39, 0.29) is 11.0 Å². The van der Waals surface area contributed by atoms with Crippen LogP contribution in [-0.4, -0.2) is 23.5 Å². The summed E-state index contributed by atoms with van der Waals surface area (Å²) in [5, 5.41) is 9.03. The van der Waals surface area contributed by atoms with Gasteiger partial charge in [-0.25, -0.2) is 4.79 Å². The Bertz CT molecular complexity index is 817. The number of ketones is 1. The third-order valence-corrected chi connectivity index (χ3v) is 5.45. The van der Waals surface area contributed by atoms with Crippen molar-refractivity contribution < 1.29 is 19.4 Å². The van der Waals surface area contributed by atoms with Crippen molar-refractivity contribution in [3.05, 3.63) is 64.7 Å². The van der Waals surface area contributed by atoms with Crippen LogP contribution in [0.4, 0.5) is 0 Å². The lowest BCUT2D eigenvalue weighted by Crippen LogP contribution is -2.14. The van der Waals surface area contributed by atoms with Crippen LogP contribution < -0.4 is 4.74 Å². The SMILES string of the molecule is CCCc1c(C(S)CCCCc2ccccc2)ccc(C(C)=O)c1OCC(=O)O. The molecule has 2 aromatic rings. The molecule has 5 heteroatoms. The van der Waals surface area contributed by atoms with Crippen molar-refractivity contribution in [1.82, 2.24) is 0 Å². The number of hydrogen-bond acceptors (Lipinski definition) is 4. The number of ether oxygens (including phenoxy) is 1. The van der Waals surface area contributed by atoms with Crippen molar-refractivity contribution in [2.24, 2.45) is 0 Å². The molecule has 1 atom stereocenters. The molecule has 2 rings (SSSR count). The molecule has 0 fully saturated rings. The number of rotatable bonds is 12. The Kier molecular flexibility index (Phi) is 9.26. The zero-order valence-electron chi connectivity index (χ0n) is 17.2. The first kappa shape index (κ1) is 23.0. The summed E-state index contributed by atoms with van der Waals surface area (Å²) in [7, 11) is 0. The largest absolute Gasteiger partial charge is 0.481 e. The summed E-state index contributed by atoms with van der Waals surface area (Å²) >= 11 is 4.83. The molecule has 0 saturated carbocycles. The van der Waals surface area contributed by atoms with Gasteiger partial charge in [0, 0.05) is 5.25 Å². The van der Waals surface area contributed by atoms with Crippen molar-refractivity contribution in [1.29, 1.82) is 0 Å². The molecule has 0 spiro atoms. The van der Waals surface area contributed by atoms with Gasteiger partial charge < -0.3 is 9.84 Å². The quantitative estimate of drug-likeness (QED) is 0.266. The number of hydrogen-bond donors (Lipinski definition) is 2. The van der Waals surface area contributed by atoms with Crippen LogP contribution >= 0.6 is 12.6 Å². The minimum Gasteiger partial charge on any atom is -0.481 e. The number of carbonyl (C=O) groups is 2. The molecule has 0 heterocycles. The number of unbranched alkanes of at least 4 members (excludes halogenated alkanes) is 1. The minimum absolute atomic E-state index is 0.0144. The van der Waals surface area contributed by atoms with E-state index in [1.165, 1.54) is 12.5 Å². The molecule has 0 amide bonds. The molecule has 156 valence electrons. The summed E-state index contributed by atoms with van der Waals surface area (Å²) in [6, 6.07) is 14.1. The summed E-state index contributed by atoms with van der Waals surface area (Å²) in [5.74, 6) is -0.786. The molecule has 1 unspecified atom stereocenters. The van der Waals surface area contributed by atoms with Gasteiger partial charge in [-0.15, -0.1) is 0 Å². The maximum Gasteiger partial charge on any atom is 0.341 e. The number of aryl methyl sites for hydroxylation is 1. The second kappa shape index (κ2) is 11.7. The average Bonchev–Trinajstić information content (AvgIpc) is 2.70. The Balaban J connectivity index is 2.15. The average molecular weight is 415 g/mol. The lowest BCUT2D eigenvalue weighted by Gasteiger charge is -2.21. The zero-order valence-corrected chi connectivity index (χ0v) is 18.1. The summed E-state index contributed by atoms with van der Waals surface area (Å²) < 4.78 is 5.56. The van der Waals surface area contributed by atoms with Gasteiger partial charge >= 0.3 is 5.97 Å². The van der Waals surface area contributed by atoms with Gasteiger partial charge in [0.1, 0.15) is 5.75 Å². The van der Waals surface area contributed by atoms with Crippen LogP contribution in [0.1, 0.15) is 71.8 Å². The highest BCUT2D eigenvalue weighted by Crippen LogP contribution is 2.37. The molecular weight excluding hydrogens is 384 g/mol. The lowest BCUT2D eigenvalue weighted by molar-refractivity contribution is -0.139. The molecule has 0 aromatic heterocycles. The van der Waals surface area contributed by atoms with E-state index < -0.39 is 12.6 Å². The fourth-order valence-corrected chi connectivity index (χ4v) is 3.93. The molecule has 2 aromatic carbocycles. The maximum atomic E-state index is 12.0. The van der Waals surface area contributed by atoms with E-state index in [1.54, 1.807) is 6.07 Å². The number of carbonyl (C=O) groups excluding carboxylic acids is 1. The van der Waals surface area contributed by atoms with E-state index >= 15 is 0 Å². The molecular formula is C24H30O4S. The Morgan fingerprint density at radius 1 is 1.07 bits per heavy atom. The highest BCUT2D eigenvalue weighted by Gasteiger charge is 2.21. The first-order valence-corrected chi connectivity index (χ1v) is 10.7. The molecule has 1 N–H and O–H groups in total. The van der Waals surface area contributed by atoms with E-state index in [4.69, 9.17) is 22.5 Å². The van der Waals surface area contributed by atoms with Gasteiger partial charge in [0.2, 0.25) is 0 Å². The standard InChI is InChI=1S/C24H30O4S/c1-3-9-21-20(15-14-19(17(2)25)24(21)28-16-23(26)27)22(29)13-8-7-12-18-10-5-4-6-11-18/h4-6,10-11,14-15,22,29H,3,7-9,12-13,16H2,1-2H3,(H,26,27). The van der Waals surface area contributed by atoms with Crippen molar-refractivity contribution in [3.63, 3.8) is 0 Å². The van der Waals surface area contributed by atoms with Crippen LogP contribution in [0.15, 0.2) is 42.5 Å². The second-order valence-corrected chi connectivity index (χ2v) is 7.87. The van der Waals surface area contributed by atoms with Gasteiger partial charge in [-0.05, 0) is 55.4 Å². The molecule has 0 aliphatic rings. The summed E-state index contributed by atoms with van der Waals surface area (Å²) in [4.78, 5) is 23.1. The van der Waals surface area contributed by atoms with E-state index in [0.717, 1.165) is 43.2 Å². The second-order valence-electron chi connectivity index (χ2n) is 7.25. The Hall–Kier alpha value is -2.27. The number of Topliss-reactive ketones (excluding diaryl/α,β-unsaturated/α-hetero) is 1. The normalized spacial score (nSPS) is 11.8. The molecule has 0 radical (unpaired) electrons. The van der Waals surface area contributed by atoms with Crippen molar-refractivity contribution in [2.75, 3.05) is 6.61 Å². The van der Waals surface area contributed by atoms with E-state index in [2.05, 4.69) is 31.2 Å². The van der Waals surface area contributed by atoms with Crippen LogP contribution in [-0.2, 0) is 17.6 Å². The predicted molar refractivity (Wildman–Crippen MR) is 119 cm³/mol. The number of carboxylic acid groups (broad SMARTS) is 1. The smallest absolute Gasteiger partial charge is 0.341 e. The van der Waals surface area contributed by atoms with Gasteiger partial charge in [0.25, 0.3) is 0 Å². The summed E-state index contributed by atoms with van der Waals surface area (Å²) in [6.45, 7) is 3.06. The van der Waals surface area contributed by atoms with Crippen LogP contribution in [0.2, 0.25) is 0 Å². The number of aliphatic carboxylic acids is 1.